The van der Waals surface area contributed by atoms with Crippen molar-refractivity contribution in [3.05, 3.63) is 30.3 Å². The molecule has 0 atom stereocenters. The summed E-state index contributed by atoms with van der Waals surface area (Å²) in [5.41, 5.74) is 0.843. The zero-order valence-corrected chi connectivity index (χ0v) is 5.79. The topological polar surface area (TPSA) is 29.1 Å². The standard InChI is InChI=1S/C8H9NO/c1-7(10)9-8-5-3-2-4-6-8/h2-6H,1H3,(H,9,10)/i2+2,3+2,4+2,5+2,6+2,8+2. The number of amides is 1. The van der Waals surface area contributed by atoms with Crippen molar-refractivity contribution in [2.45, 2.75) is 6.92 Å². The van der Waals surface area contributed by atoms with Crippen molar-refractivity contribution >= 4 is 11.6 Å². The fourth-order valence-corrected chi connectivity index (χ4v) is 0.725. The van der Waals surface area contributed by atoms with Gasteiger partial charge in [0.2, 0.25) is 5.91 Å². The molecule has 0 saturated heterocycles. The van der Waals surface area contributed by atoms with Crippen LogP contribution in [-0.2, 0) is 4.79 Å². The number of carbonyl (C=O) groups excluding carboxylic acids is 1. The number of carbonyl (C=O) groups is 1. The summed E-state index contributed by atoms with van der Waals surface area (Å²) in [5.74, 6) is -0.0359. The molecular weight excluding hydrogens is 138 g/mol. The lowest BCUT2D eigenvalue weighted by Crippen LogP contribution is -2.04. The average Bonchev–Trinajstić information content (AvgIpc) is 1.88. The number of anilines is 1. The summed E-state index contributed by atoms with van der Waals surface area (Å²) in [4.78, 5) is 10.5. The predicted molar refractivity (Wildman–Crippen MR) is 40.7 cm³/mol. The predicted octanol–water partition coefficient (Wildman–Crippen LogP) is 1.64. The summed E-state index contributed by atoms with van der Waals surface area (Å²) < 4.78 is 0. The molecule has 1 rings (SSSR count). The fourth-order valence-electron chi connectivity index (χ4n) is 0.725. The zero-order chi connectivity index (χ0) is 7.40. The Labute approximate surface area is 59.9 Å². The van der Waals surface area contributed by atoms with Crippen LogP contribution in [0, 0.1) is 0 Å². The minimum absolute atomic E-state index is 0.0359. The fraction of sp³-hybridized carbons (Fsp3) is 0.125. The molecule has 2 nitrogen and oxygen atoms in total. The quantitative estimate of drug-likeness (QED) is 0.642. The molecule has 2 heteroatoms. The van der Waals surface area contributed by atoms with E-state index in [1.165, 1.54) is 6.92 Å². The molecule has 1 amide bonds. The number of hydrogen-bond acceptors (Lipinski definition) is 1. The number of nitrogens with one attached hydrogen (secondary N) is 1. The first-order chi connectivity index (χ1) is 4.79. The molecule has 1 aromatic rings. The summed E-state index contributed by atoms with van der Waals surface area (Å²) in [6, 6.07) is 9.37. The van der Waals surface area contributed by atoms with Crippen molar-refractivity contribution in [3.63, 3.8) is 0 Å². The van der Waals surface area contributed by atoms with Crippen molar-refractivity contribution in [1.82, 2.24) is 0 Å². The van der Waals surface area contributed by atoms with Crippen LogP contribution in [0.25, 0.3) is 0 Å². The Bertz CT molecular complexity index is 218. The van der Waals surface area contributed by atoms with E-state index in [2.05, 4.69) is 5.32 Å². The maximum atomic E-state index is 10.5. The van der Waals surface area contributed by atoms with Crippen LogP contribution in [0.15, 0.2) is 30.3 Å². The van der Waals surface area contributed by atoms with Crippen molar-refractivity contribution in [2.75, 3.05) is 5.32 Å². The maximum Gasteiger partial charge on any atom is 0.221 e. The molecular formula is C8H9NO. The second kappa shape index (κ2) is 3.01. The van der Waals surface area contributed by atoms with Crippen LogP contribution in [0.3, 0.4) is 0 Å². The summed E-state index contributed by atoms with van der Waals surface area (Å²) in [6.07, 6.45) is 0. The van der Waals surface area contributed by atoms with E-state index in [-0.39, 0.29) is 5.91 Å². The van der Waals surface area contributed by atoms with Crippen molar-refractivity contribution < 1.29 is 4.79 Å². The van der Waals surface area contributed by atoms with Crippen LogP contribution >= 0.6 is 0 Å². The van der Waals surface area contributed by atoms with Gasteiger partial charge in [-0.15, -0.1) is 0 Å². The summed E-state index contributed by atoms with van der Waals surface area (Å²) in [7, 11) is 0. The molecule has 0 aliphatic heterocycles. The third-order valence-corrected chi connectivity index (χ3v) is 1.09. The van der Waals surface area contributed by atoms with Gasteiger partial charge in [-0.1, -0.05) is 18.2 Å². The van der Waals surface area contributed by atoms with Crippen LogP contribution in [0.1, 0.15) is 6.92 Å². The third kappa shape index (κ3) is 1.90. The highest BCUT2D eigenvalue weighted by Gasteiger charge is 1.90. The minimum atomic E-state index is -0.0359. The number of benzene rings is 1. The molecule has 0 saturated carbocycles. The Morgan fingerprint density at radius 1 is 1.30 bits per heavy atom. The molecule has 0 aliphatic carbocycles. The number of para-hydroxylation sites is 1. The van der Waals surface area contributed by atoms with Gasteiger partial charge in [-0.3, -0.25) is 4.79 Å². The first kappa shape index (κ1) is 6.81. The average molecular weight is 147 g/mol. The largest absolute Gasteiger partial charge is 0.326 e. The monoisotopic (exact) mass is 147 g/mol. The Balaban J connectivity index is 2.67. The molecule has 1 N–H and O–H groups in total. The van der Waals surface area contributed by atoms with E-state index in [9.17, 15) is 4.79 Å². The smallest absolute Gasteiger partial charge is 0.221 e. The molecule has 0 bridgehead atoms. The van der Waals surface area contributed by atoms with Gasteiger partial charge in [-0.05, 0) is 12.1 Å². The molecule has 0 unspecified atom stereocenters. The van der Waals surface area contributed by atoms with Gasteiger partial charge in [0, 0.05) is 12.6 Å². The van der Waals surface area contributed by atoms with E-state index in [1.807, 2.05) is 30.3 Å². The molecule has 0 spiro atoms. The Hall–Kier alpha value is -1.31. The zero-order valence-electron chi connectivity index (χ0n) is 5.79. The van der Waals surface area contributed by atoms with Crippen molar-refractivity contribution in [2.24, 2.45) is 0 Å². The van der Waals surface area contributed by atoms with Crippen LogP contribution in [0.2, 0.25) is 0 Å². The summed E-state index contributed by atoms with van der Waals surface area (Å²) >= 11 is 0. The normalized spacial score (nSPS) is 8.90. The van der Waals surface area contributed by atoms with E-state index in [0.29, 0.717) is 0 Å². The van der Waals surface area contributed by atoms with Gasteiger partial charge in [0.1, 0.15) is 0 Å². The van der Waals surface area contributed by atoms with Gasteiger partial charge in [0.25, 0.3) is 0 Å². The summed E-state index contributed by atoms with van der Waals surface area (Å²) in [5, 5.41) is 2.67. The Morgan fingerprint density at radius 3 is 2.40 bits per heavy atom. The van der Waals surface area contributed by atoms with E-state index in [4.69, 9.17) is 0 Å². The third-order valence-electron chi connectivity index (χ3n) is 1.09. The highest BCUT2D eigenvalue weighted by Crippen LogP contribution is 2.03. The highest BCUT2D eigenvalue weighted by atomic mass is 16.2. The molecule has 52 valence electrons. The van der Waals surface area contributed by atoms with Crippen molar-refractivity contribution in [3.8, 4) is 0 Å². The lowest BCUT2D eigenvalue weighted by Gasteiger charge is -1.98. The molecule has 10 heavy (non-hydrogen) atoms. The lowest BCUT2D eigenvalue weighted by molar-refractivity contribution is -0.114. The molecule has 1 aromatic carbocycles. The van der Waals surface area contributed by atoms with E-state index in [0.717, 1.165) is 5.69 Å². The number of hydrogen-bond donors (Lipinski definition) is 1. The van der Waals surface area contributed by atoms with Crippen molar-refractivity contribution in [1.29, 1.82) is 0 Å². The van der Waals surface area contributed by atoms with Gasteiger partial charge in [0.05, 0.1) is 0 Å². The summed E-state index contributed by atoms with van der Waals surface area (Å²) in [6.45, 7) is 1.49. The first-order valence-corrected chi connectivity index (χ1v) is 3.11. The highest BCUT2D eigenvalue weighted by molar-refractivity contribution is 5.88. The molecule has 0 fully saturated rings. The van der Waals surface area contributed by atoms with Crippen LogP contribution in [0.5, 0.6) is 0 Å². The molecule has 0 aliphatic rings. The van der Waals surface area contributed by atoms with Crippen LogP contribution in [0.4, 0.5) is 5.69 Å². The maximum absolute atomic E-state index is 10.5. The SMILES string of the molecule is CC(=O)N[14c]1[14cH][14cH][14cH][14cH][14cH]1. The van der Waals surface area contributed by atoms with Crippen LogP contribution in [-0.4, -0.2) is 5.91 Å². The van der Waals surface area contributed by atoms with E-state index < -0.39 is 0 Å². The second-order valence-corrected chi connectivity index (χ2v) is 2.05. The Kier molecular flexibility index (Phi) is 2.05. The lowest BCUT2D eigenvalue weighted by atomic mass is 10.8. The van der Waals surface area contributed by atoms with Gasteiger partial charge < -0.3 is 5.32 Å². The van der Waals surface area contributed by atoms with Gasteiger partial charge in [0.15, 0.2) is 0 Å². The second-order valence-electron chi connectivity index (χ2n) is 2.05. The van der Waals surface area contributed by atoms with E-state index >= 15 is 0 Å². The molecule has 0 heterocycles. The van der Waals surface area contributed by atoms with Gasteiger partial charge in [-0.2, -0.15) is 0 Å². The minimum Gasteiger partial charge on any atom is -0.326 e. The first-order valence-electron chi connectivity index (χ1n) is 3.11. The van der Waals surface area contributed by atoms with Crippen LogP contribution < -0.4 is 5.32 Å². The Morgan fingerprint density at radius 2 is 1.90 bits per heavy atom. The molecule has 0 radical (unpaired) electrons. The van der Waals surface area contributed by atoms with E-state index in [1.54, 1.807) is 0 Å². The number of rotatable bonds is 1. The van der Waals surface area contributed by atoms with Gasteiger partial charge in [-0.25, -0.2) is 0 Å². The van der Waals surface area contributed by atoms with Gasteiger partial charge >= 0.3 is 0 Å². The molecule has 0 aromatic heterocycles.